The molecule has 6 heteroatoms. The van der Waals surface area contributed by atoms with E-state index in [2.05, 4.69) is 12.2 Å². The molecule has 2 heterocycles. The molecule has 2 saturated heterocycles. The number of methoxy groups -OCH3 is 1. The molecule has 4 nitrogen and oxygen atoms in total. The summed E-state index contributed by atoms with van der Waals surface area (Å²) in [7, 11) is 1.68. The SMILES string of the molecule is CCC1CN(C(=O)C2(OC)CCNCC2)CCS1.Cl. The van der Waals surface area contributed by atoms with E-state index in [1.807, 2.05) is 16.7 Å². The molecule has 0 radical (unpaired) electrons. The number of nitrogens with one attached hydrogen (secondary N) is 1. The Labute approximate surface area is 126 Å². The van der Waals surface area contributed by atoms with Crippen molar-refractivity contribution in [1.82, 2.24) is 10.2 Å². The van der Waals surface area contributed by atoms with Crippen molar-refractivity contribution in [2.45, 2.75) is 37.0 Å². The molecule has 1 unspecified atom stereocenters. The number of rotatable bonds is 3. The predicted octanol–water partition coefficient (Wildman–Crippen LogP) is 1.53. The van der Waals surface area contributed by atoms with Gasteiger partial charge in [0.25, 0.3) is 5.91 Å². The van der Waals surface area contributed by atoms with E-state index in [1.165, 1.54) is 0 Å². The lowest BCUT2D eigenvalue weighted by molar-refractivity contribution is -0.158. The van der Waals surface area contributed by atoms with Gasteiger partial charge in [-0.25, -0.2) is 0 Å². The maximum Gasteiger partial charge on any atom is 0.254 e. The molecule has 0 aliphatic carbocycles. The molecule has 0 aromatic rings. The number of carbonyl (C=O) groups excluding carboxylic acids is 1. The van der Waals surface area contributed by atoms with Crippen molar-refractivity contribution >= 4 is 30.1 Å². The molecule has 0 aromatic carbocycles. The van der Waals surface area contributed by atoms with Crippen LogP contribution in [0.2, 0.25) is 0 Å². The number of thioether (sulfide) groups is 1. The molecule has 112 valence electrons. The first kappa shape index (κ1) is 17.1. The second-order valence-corrected chi connectivity index (χ2v) is 6.51. The number of amides is 1. The van der Waals surface area contributed by atoms with Gasteiger partial charge in [-0.3, -0.25) is 4.79 Å². The second-order valence-electron chi connectivity index (χ2n) is 5.10. The topological polar surface area (TPSA) is 41.6 Å². The highest BCUT2D eigenvalue weighted by molar-refractivity contribution is 8.00. The lowest BCUT2D eigenvalue weighted by Gasteiger charge is -2.41. The number of piperidine rings is 1. The van der Waals surface area contributed by atoms with Crippen LogP contribution in [-0.2, 0) is 9.53 Å². The summed E-state index contributed by atoms with van der Waals surface area (Å²) < 4.78 is 5.62. The van der Waals surface area contributed by atoms with Gasteiger partial charge in [0.05, 0.1) is 0 Å². The Morgan fingerprint density at radius 1 is 1.47 bits per heavy atom. The van der Waals surface area contributed by atoms with Gasteiger partial charge < -0.3 is 15.0 Å². The molecule has 1 amide bonds. The Kier molecular flexibility index (Phi) is 6.94. The highest BCUT2D eigenvalue weighted by atomic mass is 35.5. The highest BCUT2D eigenvalue weighted by Crippen LogP contribution is 2.28. The minimum Gasteiger partial charge on any atom is -0.368 e. The average Bonchev–Trinajstić information content (AvgIpc) is 2.47. The molecule has 0 spiro atoms. The van der Waals surface area contributed by atoms with Crippen molar-refractivity contribution in [2.75, 3.05) is 39.0 Å². The maximum absolute atomic E-state index is 12.7. The molecule has 0 saturated carbocycles. The number of carbonyl (C=O) groups is 1. The molecule has 2 fully saturated rings. The minimum atomic E-state index is -0.564. The summed E-state index contributed by atoms with van der Waals surface area (Å²) in [5.41, 5.74) is -0.564. The summed E-state index contributed by atoms with van der Waals surface area (Å²) in [6, 6.07) is 0. The van der Waals surface area contributed by atoms with Crippen LogP contribution in [0, 0.1) is 0 Å². The van der Waals surface area contributed by atoms with Gasteiger partial charge in [-0.15, -0.1) is 12.4 Å². The van der Waals surface area contributed by atoms with Gasteiger partial charge in [0, 0.05) is 31.2 Å². The first-order valence-corrected chi connectivity index (χ1v) is 7.93. The first-order valence-electron chi connectivity index (χ1n) is 6.88. The van der Waals surface area contributed by atoms with E-state index >= 15 is 0 Å². The zero-order valence-corrected chi connectivity index (χ0v) is 13.4. The molecule has 2 aliphatic heterocycles. The monoisotopic (exact) mass is 308 g/mol. The molecule has 19 heavy (non-hydrogen) atoms. The number of hydrogen-bond donors (Lipinski definition) is 1. The fourth-order valence-corrected chi connectivity index (χ4v) is 3.96. The summed E-state index contributed by atoms with van der Waals surface area (Å²) in [6.07, 6.45) is 2.72. The molecule has 0 aromatic heterocycles. The summed E-state index contributed by atoms with van der Waals surface area (Å²) >= 11 is 1.99. The summed E-state index contributed by atoms with van der Waals surface area (Å²) in [6.45, 7) is 5.71. The fourth-order valence-electron chi connectivity index (χ4n) is 2.77. The van der Waals surface area contributed by atoms with Crippen molar-refractivity contribution in [2.24, 2.45) is 0 Å². The van der Waals surface area contributed by atoms with Crippen LogP contribution in [0.3, 0.4) is 0 Å². The zero-order valence-electron chi connectivity index (χ0n) is 11.8. The van der Waals surface area contributed by atoms with Crippen molar-refractivity contribution < 1.29 is 9.53 Å². The molecule has 2 rings (SSSR count). The van der Waals surface area contributed by atoms with E-state index < -0.39 is 5.60 Å². The van der Waals surface area contributed by atoms with E-state index in [0.717, 1.165) is 51.2 Å². The molecule has 1 atom stereocenters. The van der Waals surface area contributed by atoms with E-state index in [-0.39, 0.29) is 18.3 Å². The third kappa shape index (κ3) is 3.78. The van der Waals surface area contributed by atoms with Gasteiger partial charge in [-0.05, 0) is 32.4 Å². The van der Waals surface area contributed by atoms with Gasteiger partial charge >= 0.3 is 0 Å². The molecule has 2 aliphatic rings. The quantitative estimate of drug-likeness (QED) is 0.858. The standard InChI is InChI=1S/C13H24N2O2S.ClH/c1-3-11-10-15(8-9-18-11)12(16)13(17-2)4-6-14-7-5-13;/h11,14H,3-10H2,1-2H3;1H. The molecular formula is C13H25ClN2O2S. The zero-order chi connectivity index (χ0) is 13.0. The Bertz CT molecular complexity index is 298. The first-order chi connectivity index (χ1) is 8.72. The smallest absolute Gasteiger partial charge is 0.254 e. The second kappa shape index (κ2) is 7.72. The largest absolute Gasteiger partial charge is 0.368 e. The van der Waals surface area contributed by atoms with Crippen LogP contribution >= 0.6 is 24.2 Å². The fraction of sp³-hybridized carbons (Fsp3) is 0.923. The summed E-state index contributed by atoms with van der Waals surface area (Å²) in [4.78, 5) is 14.8. The molecular weight excluding hydrogens is 284 g/mol. The van der Waals surface area contributed by atoms with Crippen LogP contribution in [0.1, 0.15) is 26.2 Å². The van der Waals surface area contributed by atoms with Crippen molar-refractivity contribution in [3.63, 3.8) is 0 Å². The van der Waals surface area contributed by atoms with Crippen molar-refractivity contribution in [3.8, 4) is 0 Å². The van der Waals surface area contributed by atoms with E-state index in [9.17, 15) is 4.79 Å². The summed E-state index contributed by atoms with van der Waals surface area (Å²) in [5, 5.41) is 3.89. The number of hydrogen-bond acceptors (Lipinski definition) is 4. The van der Waals surface area contributed by atoms with Crippen LogP contribution in [0.15, 0.2) is 0 Å². The van der Waals surface area contributed by atoms with Gasteiger partial charge in [-0.1, -0.05) is 6.92 Å². The third-order valence-corrected chi connectivity index (χ3v) is 5.45. The Hall–Kier alpha value is 0.0300. The number of ether oxygens (including phenoxy) is 1. The van der Waals surface area contributed by atoms with Gasteiger partial charge in [0.1, 0.15) is 5.60 Å². The Morgan fingerprint density at radius 3 is 2.74 bits per heavy atom. The third-order valence-electron chi connectivity index (χ3n) is 4.07. The molecule has 0 bridgehead atoms. The Balaban J connectivity index is 0.00000180. The van der Waals surface area contributed by atoms with Gasteiger partial charge in [0.2, 0.25) is 0 Å². The van der Waals surface area contributed by atoms with Crippen molar-refractivity contribution in [3.05, 3.63) is 0 Å². The van der Waals surface area contributed by atoms with Crippen LogP contribution in [0.25, 0.3) is 0 Å². The average molecular weight is 309 g/mol. The minimum absolute atomic E-state index is 0. The lowest BCUT2D eigenvalue weighted by atomic mass is 9.90. The highest BCUT2D eigenvalue weighted by Gasteiger charge is 2.43. The van der Waals surface area contributed by atoms with E-state index in [4.69, 9.17) is 4.74 Å². The summed E-state index contributed by atoms with van der Waals surface area (Å²) in [5.74, 6) is 1.27. The van der Waals surface area contributed by atoms with E-state index in [1.54, 1.807) is 7.11 Å². The number of halogens is 1. The Morgan fingerprint density at radius 2 is 2.16 bits per heavy atom. The van der Waals surface area contributed by atoms with E-state index in [0.29, 0.717) is 5.25 Å². The number of nitrogens with zero attached hydrogens (tertiary/aromatic N) is 1. The molecule has 1 N–H and O–H groups in total. The normalized spacial score (nSPS) is 26.6. The van der Waals surface area contributed by atoms with Crippen LogP contribution in [-0.4, -0.2) is 60.7 Å². The van der Waals surface area contributed by atoms with Gasteiger partial charge in [-0.2, -0.15) is 11.8 Å². The lowest BCUT2D eigenvalue weighted by Crippen LogP contribution is -2.57. The van der Waals surface area contributed by atoms with Gasteiger partial charge in [0.15, 0.2) is 0 Å². The van der Waals surface area contributed by atoms with Crippen LogP contribution in [0.5, 0.6) is 0 Å². The van der Waals surface area contributed by atoms with Crippen LogP contribution in [0.4, 0.5) is 0 Å². The van der Waals surface area contributed by atoms with Crippen LogP contribution < -0.4 is 5.32 Å². The predicted molar refractivity (Wildman–Crippen MR) is 82.2 cm³/mol. The van der Waals surface area contributed by atoms with Crippen molar-refractivity contribution in [1.29, 1.82) is 0 Å². The maximum atomic E-state index is 12.7.